The van der Waals surface area contributed by atoms with E-state index in [4.69, 9.17) is 0 Å². The predicted molar refractivity (Wildman–Crippen MR) is 231 cm³/mol. The van der Waals surface area contributed by atoms with E-state index in [0.717, 1.165) is 0 Å². The molecule has 2 atom stereocenters. The molecule has 268 valence electrons. The first-order chi connectivity index (χ1) is 27.0. The Labute approximate surface area is 325 Å². The summed E-state index contributed by atoms with van der Waals surface area (Å²) in [5.74, 6) is 0.000627. The van der Waals surface area contributed by atoms with Gasteiger partial charge in [-0.25, -0.2) is 0 Å². The molecule has 2 N–H and O–H groups in total. The van der Waals surface area contributed by atoms with Crippen LogP contribution in [0.4, 0.5) is 11.4 Å². The molecule has 9 rings (SSSR count). The highest BCUT2D eigenvalue weighted by molar-refractivity contribution is 5.93. The molecule has 8 aromatic carbocycles. The Kier molecular flexibility index (Phi) is 9.26. The van der Waals surface area contributed by atoms with Crippen LogP contribution in [-0.2, 0) is 0 Å². The highest BCUT2D eigenvalue weighted by Gasteiger charge is 2.37. The maximum atomic E-state index is 4.40. The molecule has 0 saturated carbocycles. The molecule has 1 aliphatic rings. The second-order valence-electron chi connectivity index (χ2n) is 15.1. The highest BCUT2D eigenvalue weighted by atomic mass is 15.0. The van der Waals surface area contributed by atoms with Crippen molar-refractivity contribution in [2.75, 3.05) is 10.6 Å². The fourth-order valence-electron chi connectivity index (χ4n) is 9.10. The van der Waals surface area contributed by atoms with Crippen LogP contribution in [0.15, 0.2) is 188 Å². The highest BCUT2D eigenvalue weighted by Crippen LogP contribution is 2.51. The van der Waals surface area contributed by atoms with Gasteiger partial charge in [-0.05, 0) is 87.2 Å². The van der Waals surface area contributed by atoms with Crippen LogP contribution in [0.25, 0.3) is 10.8 Å². The minimum absolute atomic E-state index is 0.000314. The van der Waals surface area contributed by atoms with E-state index >= 15 is 0 Å². The van der Waals surface area contributed by atoms with Crippen LogP contribution in [0.3, 0.4) is 0 Å². The van der Waals surface area contributed by atoms with Gasteiger partial charge in [0.25, 0.3) is 0 Å². The lowest BCUT2D eigenvalue weighted by Gasteiger charge is -2.33. The van der Waals surface area contributed by atoms with Crippen molar-refractivity contribution in [3.63, 3.8) is 0 Å². The van der Waals surface area contributed by atoms with Crippen molar-refractivity contribution >= 4 is 22.1 Å². The minimum Gasteiger partial charge on any atom is -0.375 e. The second-order valence-corrected chi connectivity index (χ2v) is 15.1. The summed E-state index contributed by atoms with van der Waals surface area (Å²) in [6, 6.07) is 69.1. The Bertz CT molecular complexity index is 2370. The zero-order valence-corrected chi connectivity index (χ0v) is 31.7. The molecule has 0 spiro atoms. The minimum atomic E-state index is -0.0558. The predicted octanol–water partition coefficient (Wildman–Crippen LogP) is 13.4. The average Bonchev–Trinajstić information content (AvgIpc) is 3.52. The molecule has 0 aromatic heterocycles. The van der Waals surface area contributed by atoms with Crippen LogP contribution in [0.5, 0.6) is 0 Å². The molecule has 0 amide bonds. The van der Waals surface area contributed by atoms with Gasteiger partial charge in [0.15, 0.2) is 0 Å². The summed E-state index contributed by atoms with van der Waals surface area (Å²) < 4.78 is 0. The first kappa shape index (κ1) is 34.4. The molecular formula is C53H46N2. The first-order valence-electron chi connectivity index (χ1n) is 19.5. The van der Waals surface area contributed by atoms with Gasteiger partial charge in [0.05, 0.1) is 12.1 Å². The number of anilines is 2. The molecule has 0 aliphatic heterocycles. The smallest absolute Gasteiger partial charge is 0.0763 e. The number of aryl methyl sites for hydroxylation is 3. The fraction of sp³-hybridized carbons (Fsp3) is 0.132. The summed E-state index contributed by atoms with van der Waals surface area (Å²) in [7, 11) is 0. The topological polar surface area (TPSA) is 24.1 Å². The van der Waals surface area contributed by atoms with Crippen molar-refractivity contribution in [3.8, 4) is 0 Å². The van der Waals surface area contributed by atoms with E-state index in [0.29, 0.717) is 0 Å². The van der Waals surface area contributed by atoms with Crippen molar-refractivity contribution in [2.24, 2.45) is 0 Å². The monoisotopic (exact) mass is 710 g/mol. The van der Waals surface area contributed by atoms with Gasteiger partial charge < -0.3 is 10.6 Å². The van der Waals surface area contributed by atoms with Crippen LogP contribution in [0, 0.1) is 20.8 Å². The maximum Gasteiger partial charge on any atom is 0.0763 e. The average molecular weight is 711 g/mol. The summed E-state index contributed by atoms with van der Waals surface area (Å²) in [5.41, 5.74) is 16.4. The number of rotatable bonds is 10. The molecule has 1 aliphatic carbocycles. The first-order valence-corrected chi connectivity index (χ1v) is 19.5. The van der Waals surface area contributed by atoms with Gasteiger partial charge in [0.1, 0.15) is 0 Å². The van der Waals surface area contributed by atoms with E-state index in [1.807, 2.05) is 0 Å². The van der Waals surface area contributed by atoms with Gasteiger partial charge in [-0.2, -0.15) is 0 Å². The van der Waals surface area contributed by atoms with Crippen molar-refractivity contribution in [3.05, 3.63) is 249 Å². The molecular weight excluding hydrogens is 665 g/mol. The molecule has 2 nitrogen and oxygen atoms in total. The Morgan fingerprint density at radius 1 is 0.382 bits per heavy atom. The van der Waals surface area contributed by atoms with E-state index in [-0.39, 0.29) is 23.9 Å². The lowest BCUT2D eigenvalue weighted by molar-refractivity contribution is 0.677. The summed E-state index contributed by atoms with van der Waals surface area (Å²) in [4.78, 5) is 0. The number of nitrogens with one attached hydrogen (secondary N) is 2. The van der Waals surface area contributed by atoms with Gasteiger partial charge in [-0.15, -0.1) is 0 Å². The zero-order chi connectivity index (χ0) is 37.3. The van der Waals surface area contributed by atoms with Crippen molar-refractivity contribution < 1.29 is 0 Å². The van der Waals surface area contributed by atoms with Gasteiger partial charge >= 0.3 is 0 Å². The summed E-state index contributed by atoms with van der Waals surface area (Å²) in [6.07, 6.45) is 0. The normalized spacial score (nSPS) is 14.8. The largest absolute Gasteiger partial charge is 0.375 e. The van der Waals surface area contributed by atoms with Gasteiger partial charge in [0, 0.05) is 23.2 Å². The molecule has 2 unspecified atom stereocenters. The molecule has 0 bridgehead atoms. The molecule has 0 fully saturated rings. The lowest BCUT2D eigenvalue weighted by atomic mass is 9.78. The quantitative estimate of drug-likeness (QED) is 0.138. The van der Waals surface area contributed by atoms with E-state index < -0.39 is 0 Å². The van der Waals surface area contributed by atoms with Gasteiger partial charge in [-0.1, -0.05) is 194 Å². The van der Waals surface area contributed by atoms with Gasteiger partial charge in [0.2, 0.25) is 0 Å². The standard InChI is InChI=1S/C53H46N2/c1-35-33-45(47(38-21-8-4-9-22-38)39-23-10-5-11-24-39)51(46(34-35)48(40-25-12-6-13-26-40)41-27-14-7-15-28-41)55-53-44-32-18-30-42-29-17-31-43(49(42)44)52(53)54-50-36(2)19-16-20-37(50)3/h4-34,47-48,52-55H,1-3H3. The molecule has 0 radical (unpaired) electrons. The van der Waals surface area contributed by atoms with E-state index in [2.05, 4.69) is 219 Å². The Hall–Kier alpha value is -6.38. The van der Waals surface area contributed by atoms with Gasteiger partial charge in [-0.3, -0.25) is 0 Å². The molecule has 0 saturated heterocycles. The third kappa shape index (κ3) is 6.49. The molecule has 55 heavy (non-hydrogen) atoms. The summed E-state index contributed by atoms with van der Waals surface area (Å²) >= 11 is 0. The zero-order valence-electron chi connectivity index (χ0n) is 31.7. The van der Waals surface area contributed by atoms with Crippen molar-refractivity contribution in [1.29, 1.82) is 0 Å². The molecule has 2 heteroatoms. The Morgan fingerprint density at radius 2 is 0.745 bits per heavy atom. The number of para-hydroxylation sites is 1. The van der Waals surface area contributed by atoms with Crippen molar-refractivity contribution in [2.45, 2.75) is 44.7 Å². The molecule has 8 aromatic rings. The third-order valence-electron chi connectivity index (χ3n) is 11.6. The Balaban J connectivity index is 1.32. The van der Waals surface area contributed by atoms with Crippen LogP contribution in [0.1, 0.15) is 85.1 Å². The number of hydrogen-bond donors (Lipinski definition) is 2. The third-order valence-corrected chi connectivity index (χ3v) is 11.6. The Morgan fingerprint density at radius 3 is 1.15 bits per heavy atom. The number of benzene rings is 8. The number of hydrogen-bond acceptors (Lipinski definition) is 2. The van der Waals surface area contributed by atoms with E-state index in [1.165, 1.54) is 83.3 Å². The summed E-state index contributed by atoms with van der Waals surface area (Å²) in [5, 5.41) is 11.1. The fourth-order valence-corrected chi connectivity index (χ4v) is 9.10. The van der Waals surface area contributed by atoms with Crippen LogP contribution in [-0.4, -0.2) is 0 Å². The van der Waals surface area contributed by atoms with Crippen molar-refractivity contribution in [1.82, 2.24) is 0 Å². The lowest BCUT2D eigenvalue weighted by Crippen LogP contribution is -2.24. The van der Waals surface area contributed by atoms with Crippen LogP contribution < -0.4 is 10.6 Å². The second kappa shape index (κ2) is 14.8. The van der Waals surface area contributed by atoms with Crippen LogP contribution >= 0.6 is 0 Å². The van der Waals surface area contributed by atoms with E-state index in [9.17, 15) is 0 Å². The molecule has 0 heterocycles. The van der Waals surface area contributed by atoms with E-state index in [1.54, 1.807) is 0 Å². The van der Waals surface area contributed by atoms with Crippen LogP contribution in [0.2, 0.25) is 0 Å². The SMILES string of the molecule is Cc1cc(C(c2ccccc2)c2ccccc2)c(NC2c3cccc4cccc(c34)C2Nc2c(C)cccc2C)c(C(c2ccccc2)c2ccccc2)c1. The summed E-state index contributed by atoms with van der Waals surface area (Å²) in [6.45, 7) is 6.69. The maximum absolute atomic E-state index is 4.40.